The molecule has 3 aromatic rings. The minimum Gasteiger partial charge on any atom is -0.489 e. The summed E-state index contributed by atoms with van der Waals surface area (Å²) in [4.78, 5) is 43.6. The zero-order chi connectivity index (χ0) is 26.5. The molecule has 2 fully saturated rings. The van der Waals surface area contributed by atoms with E-state index in [1.807, 2.05) is 30.3 Å². The molecule has 0 radical (unpaired) electrons. The SMILES string of the molecule is O=C(CN1C(=O)S/C(=C/c2cccc(OCc3ccc(F)cc3)c2)C1=O)N1CCN(c2ccccc2)CC1. The number of thioether (sulfide) groups is 1. The summed E-state index contributed by atoms with van der Waals surface area (Å²) >= 11 is 0.824. The molecule has 0 aliphatic carbocycles. The van der Waals surface area contributed by atoms with E-state index in [9.17, 15) is 18.8 Å². The van der Waals surface area contributed by atoms with Crippen LogP contribution >= 0.6 is 11.8 Å². The van der Waals surface area contributed by atoms with Gasteiger partial charge in [-0.15, -0.1) is 0 Å². The molecular weight excluding hydrogens is 505 g/mol. The van der Waals surface area contributed by atoms with E-state index in [4.69, 9.17) is 4.74 Å². The van der Waals surface area contributed by atoms with Crippen LogP contribution in [0.4, 0.5) is 14.9 Å². The average Bonchev–Trinajstić information content (AvgIpc) is 3.20. The lowest BCUT2D eigenvalue weighted by molar-refractivity contribution is -0.136. The maximum atomic E-state index is 13.1. The summed E-state index contributed by atoms with van der Waals surface area (Å²) in [6, 6.07) is 23.2. The molecule has 0 unspecified atom stereocenters. The van der Waals surface area contributed by atoms with Gasteiger partial charge in [0.1, 0.15) is 24.7 Å². The van der Waals surface area contributed by atoms with Crippen molar-refractivity contribution in [3.63, 3.8) is 0 Å². The topological polar surface area (TPSA) is 70.2 Å². The molecule has 0 N–H and O–H groups in total. The van der Waals surface area contributed by atoms with Crippen molar-refractivity contribution in [3.05, 3.63) is 101 Å². The third-order valence-corrected chi connectivity index (χ3v) is 7.30. The minimum atomic E-state index is -0.478. The van der Waals surface area contributed by atoms with Crippen molar-refractivity contribution in [3.8, 4) is 5.75 Å². The molecule has 0 aromatic heterocycles. The summed E-state index contributed by atoms with van der Waals surface area (Å²) < 4.78 is 18.9. The van der Waals surface area contributed by atoms with E-state index in [0.717, 1.165) is 27.9 Å². The first-order valence-corrected chi connectivity index (χ1v) is 13.1. The van der Waals surface area contributed by atoms with E-state index in [0.29, 0.717) is 37.5 Å². The second-order valence-electron chi connectivity index (χ2n) is 8.96. The summed E-state index contributed by atoms with van der Waals surface area (Å²) in [6.45, 7) is 2.44. The van der Waals surface area contributed by atoms with Crippen molar-refractivity contribution in [2.45, 2.75) is 6.61 Å². The molecule has 38 heavy (non-hydrogen) atoms. The third-order valence-electron chi connectivity index (χ3n) is 6.40. The Labute approximate surface area is 224 Å². The summed E-state index contributed by atoms with van der Waals surface area (Å²) in [5, 5.41) is -0.457. The largest absolute Gasteiger partial charge is 0.489 e. The lowest BCUT2D eigenvalue weighted by Gasteiger charge is -2.36. The summed E-state index contributed by atoms with van der Waals surface area (Å²) in [7, 11) is 0. The van der Waals surface area contributed by atoms with Crippen molar-refractivity contribution in [1.82, 2.24) is 9.80 Å². The molecule has 0 bridgehead atoms. The van der Waals surface area contributed by atoms with Crippen molar-refractivity contribution in [1.29, 1.82) is 0 Å². The van der Waals surface area contributed by atoms with E-state index in [-0.39, 0.29) is 29.8 Å². The van der Waals surface area contributed by atoms with Crippen LogP contribution in [0.25, 0.3) is 6.08 Å². The molecule has 0 saturated carbocycles. The fourth-order valence-electron chi connectivity index (χ4n) is 4.32. The number of carbonyl (C=O) groups excluding carboxylic acids is 3. The number of imide groups is 1. The zero-order valence-electron chi connectivity index (χ0n) is 20.6. The fraction of sp³-hybridized carbons (Fsp3) is 0.207. The van der Waals surface area contributed by atoms with Gasteiger partial charge < -0.3 is 14.5 Å². The van der Waals surface area contributed by atoms with Gasteiger partial charge in [-0.1, -0.05) is 42.5 Å². The van der Waals surface area contributed by atoms with Crippen molar-refractivity contribution in [2.24, 2.45) is 0 Å². The van der Waals surface area contributed by atoms with Crippen LogP contribution in [0.2, 0.25) is 0 Å². The quantitative estimate of drug-likeness (QED) is 0.409. The molecule has 194 valence electrons. The lowest BCUT2D eigenvalue weighted by atomic mass is 10.2. The molecule has 9 heteroatoms. The van der Waals surface area contributed by atoms with E-state index in [1.165, 1.54) is 12.1 Å². The first-order valence-electron chi connectivity index (χ1n) is 12.3. The number of para-hydroxylation sites is 1. The Morgan fingerprint density at radius 1 is 0.921 bits per heavy atom. The number of amides is 3. The highest BCUT2D eigenvalue weighted by molar-refractivity contribution is 8.18. The van der Waals surface area contributed by atoms with Gasteiger partial charge in [0, 0.05) is 31.9 Å². The number of hydrogen-bond acceptors (Lipinski definition) is 6. The highest BCUT2D eigenvalue weighted by atomic mass is 32.2. The normalized spacial score (nSPS) is 16.9. The molecule has 7 nitrogen and oxygen atoms in total. The van der Waals surface area contributed by atoms with E-state index < -0.39 is 11.1 Å². The van der Waals surface area contributed by atoms with Crippen LogP contribution in [0.1, 0.15) is 11.1 Å². The number of hydrogen-bond donors (Lipinski definition) is 0. The molecule has 0 atom stereocenters. The summed E-state index contributed by atoms with van der Waals surface area (Å²) in [5.74, 6) is -0.449. The number of benzene rings is 3. The highest BCUT2D eigenvalue weighted by Gasteiger charge is 2.37. The molecule has 2 aliphatic heterocycles. The van der Waals surface area contributed by atoms with Crippen molar-refractivity contribution >= 4 is 40.6 Å². The molecule has 0 spiro atoms. The number of piperazine rings is 1. The Morgan fingerprint density at radius 3 is 2.39 bits per heavy atom. The molecular formula is C29H26FN3O4S. The number of ether oxygens (including phenoxy) is 1. The van der Waals surface area contributed by atoms with Crippen LogP contribution in [0, 0.1) is 5.82 Å². The molecule has 2 aliphatic rings. The number of nitrogens with zero attached hydrogens (tertiary/aromatic N) is 3. The maximum absolute atomic E-state index is 13.1. The van der Waals surface area contributed by atoms with Crippen molar-refractivity contribution < 1.29 is 23.5 Å². The lowest BCUT2D eigenvalue weighted by Crippen LogP contribution is -2.51. The second kappa shape index (κ2) is 11.5. The molecule has 2 heterocycles. The molecule has 3 amide bonds. The standard InChI is InChI=1S/C29H26FN3O4S/c30-23-11-9-21(10-12-23)20-37-25-8-4-5-22(17-25)18-26-28(35)33(29(36)38-26)19-27(34)32-15-13-31(14-16-32)24-6-2-1-3-7-24/h1-12,17-18H,13-16,19-20H2/b26-18+. The third kappa shape index (κ3) is 6.06. The average molecular weight is 532 g/mol. The van der Waals surface area contributed by atoms with Gasteiger partial charge in [-0.05, 0) is 65.4 Å². The first kappa shape index (κ1) is 25.5. The fourth-order valence-corrected chi connectivity index (χ4v) is 5.16. The maximum Gasteiger partial charge on any atom is 0.294 e. The van der Waals surface area contributed by atoms with Crippen LogP contribution in [0.5, 0.6) is 5.75 Å². The number of carbonyl (C=O) groups is 3. The number of rotatable bonds is 7. The van der Waals surface area contributed by atoms with Gasteiger partial charge in [0.25, 0.3) is 11.1 Å². The van der Waals surface area contributed by atoms with Crippen LogP contribution < -0.4 is 9.64 Å². The second-order valence-corrected chi connectivity index (χ2v) is 9.95. The minimum absolute atomic E-state index is 0.238. The van der Waals surface area contributed by atoms with Gasteiger partial charge in [-0.25, -0.2) is 4.39 Å². The Kier molecular flexibility index (Phi) is 7.74. The van der Waals surface area contributed by atoms with Gasteiger partial charge in [-0.2, -0.15) is 0 Å². The molecule has 5 rings (SSSR count). The summed E-state index contributed by atoms with van der Waals surface area (Å²) in [6.07, 6.45) is 1.62. The number of anilines is 1. The highest BCUT2D eigenvalue weighted by Crippen LogP contribution is 2.33. The van der Waals surface area contributed by atoms with Crippen molar-refractivity contribution in [2.75, 3.05) is 37.6 Å². The first-order chi connectivity index (χ1) is 18.5. The smallest absolute Gasteiger partial charge is 0.294 e. The van der Waals surface area contributed by atoms with E-state index >= 15 is 0 Å². The van der Waals surface area contributed by atoms with Crippen LogP contribution in [0.3, 0.4) is 0 Å². The van der Waals surface area contributed by atoms with Crippen LogP contribution in [0.15, 0.2) is 83.8 Å². The Bertz CT molecular complexity index is 1360. The van der Waals surface area contributed by atoms with E-state index in [2.05, 4.69) is 4.90 Å². The van der Waals surface area contributed by atoms with Gasteiger partial charge in [-0.3, -0.25) is 19.3 Å². The zero-order valence-corrected chi connectivity index (χ0v) is 21.4. The Balaban J connectivity index is 1.17. The van der Waals surface area contributed by atoms with Crippen LogP contribution in [-0.2, 0) is 16.2 Å². The number of halogens is 1. The summed E-state index contributed by atoms with van der Waals surface area (Å²) in [5.41, 5.74) is 2.63. The predicted octanol–water partition coefficient (Wildman–Crippen LogP) is 4.79. The molecule has 3 aromatic carbocycles. The predicted molar refractivity (Wildman–Crippen MR) is 145 cm³/mol. The van der Waals surface area contributed by atoms with Gasteiger partial charge in [0.05, 0.1) is 4.91 Å². The molecule has 2 saturated heterocycles. The van der Waals surface area contributed by atoms with E-state index in [1.54, 1.807) is 47.4 Å². The Morgan fingerprint density at radius 2 is 1.66 bits per heavy atom. The monoisotopic (exact) mass is 531 g/mol. The van der Waals surface area contributed by atoms with Gasteiger partial charge >= 0.3 is 0 Å². The van der Waals surface area contributed by atoms with Gasteiger partial charge in [0.2, 0.25) is 5.91 Å². The Hall–Kier alpha value is -4.11. The van der Waals surface area contributed by atoms with Crippen LogP contribution in [-0.4, -0.2) is 59.6 Å². The van der Waals surface area contributed by atoms with Gasteiger partial charge in [0.15, 0.2) is 0 Å².